The molecule has 1 heterocycles. The first-order valence-electron chi connectivity index (χ1n) is 5.99. The van der Waals surface area contributed by atoms with E-state index in [-0.39, 0.29) is 0 Å². The predicted octanol–water partition coefficient (Wildman–Crippen LogP) is 6.23. The Hall–Kier alpha value is 0.660. The lowest BCUT2D eigenvalue weighted by Crippen LogP contribution is -2.20. The van der Waals surface area contributed by atoms with Crippen molar-refractivity contribution >= 4 is 43.2 Å². The number of alkyl halides is 1. The second kappa shape index (κ2) is 5.11. The van der Waals surface area contributed by atoms with Gasteiger partial charge in [0.25, 0.3) is 0 Å². The molecule has 0 bridgehead atoms. The average molecular weight is 366 g/mol. The zero-order valence-electron chi connectivity index (χ0n) is 9.85. The van der Waals surface area contributed by atoms with Crippen molar-refractivity contribution in [3.8, 4) is 0 Å². The van der Waals surface area contributed by atoms with Crippen LogP contribution in [-0.4, -0.2) is 0 Å². The van der Waals surface area contributed by atoms with Crippen LogP contribution in [0.2, 0.25) is 0 Å². The minimum atomic E-state index is 0.500. The summed E-state index contributed by atoms with van der Waals surface area (Å²) >= 11 is 9.60. The van der Waals surface area contributed by atoms with Crippen LogP contribution in [0, 0.1) is 12.3 Å². The fourth-order valence-electron chi connectivity index (χ4n) is 2.82. The van der Waals surface area contributed by atoms with Gasteiger partial charge >= 0.3 is 0 Å². The smallest absolute Gasteiger partial charge is 0.0556 e. The van der Waals surface area contributed by atoms with Gasteiger partial charge in [-0.3, -0.25) is 0 Å². The van der Waals surface area contributed by atoms with Gasteiger partial charge in [0.15, 0.2) is 0 Å². The van der Waals surface area contributed by atoms with Gasteiger partial charge < -0.3 is 0 Å². The maximum atomic E-state index is 3.97. The van der Waals surface area contributed by atoms with E-state index in [4.69, 9.17) is 0 Å². The minimum Gasteiger partial charge on any atom is -0.143 e. The molecule has 90 valence electrons. The highest BCUT2D eigenvalue weighted by atomic mass is 79.9. The first-order chi connectivity index (χ1) is 7.59. The number of rotatable bonds is 3. The summed E-state index contributed by atoms with van der Waals surface area (Å²) in [6.45, 7) is 4.53. The summed E-state index contributed by atoms with van der Waals surface area (Å²) < 4.78 is 1.29. The molecule has 1 aliphatic rings. The number of halogens is 2. The van der Waals surface area contributed by atoms with Crippen LogP contribution in [0.1, 0.15) is 53.6 Å². The zero-order valence-corrected chi connectivity index (χ0v) is 13.8. The first-order valence-corrected chi connectivity index (χ1v) is 8.51. The van der Waals surface area contributed by atoms with Gasteiger partial charge in [0.2, 0.25) is 0 Å². The summed E-state index contributed by atoms with van der Waals surface area (Å²) in [6.07, 6.45) is 6.84. The monoisotopic (exact) mass is 364 g/mol. The van der Waals surface area contributed by atoms with Crippen LogP contribution in [0.15, 0.2) is 10.5 Å². The topological polar surface area (TPSA) is 0 Å². The zero-order chi connectivity index (χ0) is 11.8. The fraction of sp³-hybridized carbons (Fsp3) is 0.692. The molecule has 1 aromatic heterocycles. The van der Waals surface area contributed by atoms with Crippen LogP contribution in [0.5, 0.6) is 0 Å². The quantitative estimate of drug-likeness (QED) is 0.557. The van der Waals surface area contributed by atoms with Gasteiger partial charge in [0.05, 0.1) is 4.83 Å². The van der Waals surface area contributed by atoms with Crippen LogP contribution in [0.4, 0.5) is 0 Å². The van der Waals surface area contributed by atoms with Gasteiger partial charge in [0, 0.05) is 14.2 Å². The molecule has 0 saturated heterocycles. The molecule has 0 aromatic carbocycles. The summed E-state index contributed by atoms with van der Waals surface area (Å²) in [4.78, 5) is 3.41. The lowest BCUT2D eigenvalue weighted by Gasteiger charge is -2.33. The number of thiophene rings is 1. The molecule has 16 heavy (non-hydrogen) atoms. The first kappa shape index (κ1) is 13.1. The third kappa shape index (κ3) is 2.28. The molecule has 0 amide bonds. The van der Waals surface area contributed by atoms with E-state index in [0.29, 0.717) is 10.2 Å². The normalized spacial score (nSPS) is 21.2. The van der Waals surface area contributed by atoms with Crippen molar-refractivity contribution in [2.75, 3.05) is 0 Å². The Kier molecular flexibility index (Phi) is 4.19. The summed E-state index contributed by atoms with van der Waals surface area (Å²) in [5, 5.41) is 0. The molecule has 0 N–H and O–H groups in total. The van der Waals surface area contributed by atoms with Crippen molar-refractivity contribution < 1.29 is 0 Å². The molecule has 3 heteroatoms. The van der Waals surface area contributed by atoms with Gasteiger partial charge in [-0.2, -0.15) is 0 Å². The summed E-state index contributed by atoms with van der Waals surface area (Å²) in [7, 11) is 0. The molecule has 0 spiro atoms. The number of hydrogen-bond donors (Lipinski definition) is 0. The molecule has 1 unspecified atom stereocenters. The van der Waals surface area contributed by atoms with Crippen LogP contribution in [-0.2, 0) is 0 Å². The maximum absolute atomic E-state index is 3.97. The van der Waals surface area contributed by atoms with Gasteiger partial charge in [-0.25, -0.2) is 0 Å². The van der Waals surface area contributed by atoms with Crippen LogP contribution in [0.25, 0.3) is 0 Å². The largest absolute Gasteiger partial charge is 0.143 e. The summed E-state index contributed by atoms with van der Waals surface area (Å²) in [5.41, 5.74) is 0.500. The lowest BCUT2D eigenvalue weighted by molar-refractivity contribution is 0.281. The Morgan fingerprint density at radius 3 is 2.50 bits per heavy atom. The minimum absolute atomic E-state index is 0.500. The molecule has 0 radical (unpaired) electrons. The Labute approximate surface area is 119 Å². The van der Waals surface area contributed by atoms with E-state index >= 15 is 0 Å². The summed E-state index contributed by atoms with van der Waals surface area (Å²) in [5.74, 6) is 0. The summed E-state index contributed by atoms with van der Waals surface area (Å²) in [6, 6.07) is 2.24. The van der Waals surface area contributed by atoms with Crippen molar-refractivity contribution in [2.24, 2.45) is 5.41 Å². The van der Waals surface area contributed by atoms with E-state index in [1.807, 2.05) is 11.3 Å². The van der Waals surface area contributed by atoms with Crippen LogP contribution in [0.3, 0.4) is 0 Å². The van der Waals surface area contributed by atoms with E-state index in [1.165, 1.54) is 46.3 Å². The molecule has 1 atom stereocenters. The molecule has 0 nitrogen and oxygen atoms in total. The van der Waals surface area contributed by atoms with Crippen molar-refractivity contribution in [1.29, 1.82) is 0 Å². The third-order valence-electron chi connectivity index (χ3n) is 3.91. The van der Waals surface area contributed by atoms with Crippen molar-refractivity contribution in [2.45, 2.75) is 50.8 Å². The lowest BCUT2D eigenvalue weighted by atomic mass is 9.79. The molecule has 1 aromatic rings. The Balaban J connectivity index is 2.29. The third-order valence-corrected chi connectivity index (χ3v) is 7.67. The van der Waals surface area contributed by atoms with Crippen molar-refractivity contribution in [1.82, 2.24) is 0 Å². The van der Waals surface area contributed by atoms with E-state index < -0.39 is 0 Å². The highest BCUT2D eigenvalue weighted by Gasteiger charge is 2.40. The Morgan fingerprint density at radius 1 is 1.44 bits per heavy atom. The molecule has 1 fully saturated rings. The van der Waals surface area contributed by atoms with Crippen molar-refractivity contribution in [3.05, 3.63) is 20.3 Å². The Morgan fingerprint density at radius 2 is 2.06 bits per heavy atom. The molecular formula is C13H18Br2S. The highest BCUT2D eigenvalue weighted by Crippen LogP contribution is 2.56. The van der Waals surface area contributed by atoms with Gasteiger partial charge in [-0.1, -0.05) is 35.7 Å². The van der Waals surface area contributed by atoms with Crippen LogP contribution >= 0.6 is 43.2 Å². The van der Waals surface area contributed by atoms with Gasteiger partial charge in [-0.05, 0) is 53.6 Å². The molecule has 1 saturated carbocycles. The fourth-order valence-corrected chi connectivity index (χ4v) is 6.43. The van der Waals surface area contributed by atoms with Gasteiger partial charge in [0.1, 0.15) is 0 Å². The van der Waals surface area contributed by atoms with E-state index in [2.05, 4.69) is 51.8 Å². The Bertz CT molecular complexity index is 364. The maximum Gasteiger partial charge on any atom is 0.0556 e. The predicted molar refractivity (Wildman–Crippen MR) is 79.6 cm³/mol. The SMILES string of the molecule is CCC1(C(Br)c2sc(C)cc2Br)CCCC1. The second-order valence-electron chi connectivity index (χ2n) is 4.85. The van der Waals surface area contributed by atoms with Crippen molar-refractivity contribution in [3.63, 3.8) is 0 Å². The molecule has 0 aliphatic heterocycles. The van der Waals surface area contributed by atoms with Gasteiger partial charge in [-0.15, -0.1) is 11.3 Å². The molecule has 2 rings (SSSR count). The highest BCUT2D eigenvalue weighted by molar-refractivity contribution is 9.11. The van der Waals surface area contributed by atoms with E-state index in [1.54, 1.807) is 0 Å². The average Bonchev–Trinajstić information content (AvgIpc) is 2.85. The number of hydrogen-bond acceptors (Lipinski definition) is 1. The number of aryl methyl sites for hydroxylation is 1. The van der Waals surface area contributed by atoms with E-state index in [9.17, 15) is 0 Å². The molecule has 1 aliphatic carbocycles. The molecular weight excluding hydrogens is 348 g/mol. The second-order valence-corrected chi connectivity index (χ2v) is 7.91. The van der Waals surface area contributed by atoms with E-state index in [0.717, 1.165) is 0 Å². The standard InChI is InChI=1S/C13H18Br2S/c1-3-13(6-4-5-7-13)12(15)11-10(14)8-9(2)16-11/h8,12H,3-7H2,1-2H3. The van der Waals surface area contributed by atoms with Crippen LogP contribution < -0.4 is 0 Å².